The van der Waals surface area contributed by atoms with Crippen LogP contribution in [-0.2, 0) is 20.8 Å². The normalized spacial score (nSPS) is 17.5. The van der Waals surface area contributed by atoms with Crippen LogP contribution in [0.3, 0.4) is 0 Å². The third-order valence-electron chi connectivity index (χ3n) is 2.22. The first-order valence-electron chi connectivity index (χ1n) is 4.46. The number of benzene rings is 1. The molecule has 4 nitrogen and oxygen atoms in total. The highest BCUT2D eigenvalue weighted by Gasteiger charge is 2.49. The van der Waals surface area contributed by atoms with Gasteiger partial charge in [-0.2, -0.15) is 21.6 Å². The Bertz CT molecular complexity index is 577. The van der Waals surface area contributed by atoms with E-state index in [0.717, 1.165) is 5.56 Å². The molecule has 0 heterocycles. The van der Waals surface area contributed by atoms with Crippen LogP contribution in [0.5, 0.6) is 0 Å². The first kappa shape index (κ1) is 11.9. The first-order chi connectivity index (χ1) is 7.81. The van der Waals surface area contributed by atoms with E-state index in [1.807, 2.05) is 0 Å². The van der Waals surface area contributed by atoms with E-state index in [0.29, 0.717) is 12.0 Å². The summed E-state index contributed by atoms with van der Waals surface area (Å²) in [5.41, 5.74) is -3.78. The molecule has 0 saturated heterocycles. The second-order valence-corrected chi connectivity index (χ2v) is 4.87. The van der Waals surface area contributed by atoms with Crippen molar-refractivity contribution in [2.75, 3.05) is 0 Å². The average Bonchev–Trinajstić information content (AvgIpc) is 2.17. The minimum atomic E-state index is -5.66. The summed E-state index contributed by atoms with van der Waals surface area (Å²) in [6.07, 6.45) is 0.295. The largest absolute Gasteiger partial charge is 0.536 e. The minimum Gasteiger partial charge on any atom is -0.262 e. The smallest absolute Gasteiger partial charge is 0.262 e. The second-order valence-electron chi connectivity index (χ2n) is 3.35. The Morgan fingerprint density at radius 1 is 1.24 bits per heavy atom. The molecule has 2 rings (SSSR count). The predicted molar refractivity (Wildman–Crippen MR) is 52.7 cm³/mol. The van der Waals surface area contributed by atoms with Crippen LogP contribution in [-0.4, -0.2) is 19.6 Å². The van der Waals surface area contributed by atoms with Gasteiger partial charge in [0, 0.05) is 12.0 Å². The van der Waals surface area contributed by atoms with Gasteiger partial charge in [0.2, 0.25) is 0 Å². The summed E-state index contributed by atoms with van der Waals surface area (Å²) in [4.78, 5) is 0. The highest BCUT2D eigenvalue weighted by molar-refractivity contribution is 7.87. The number of fused-ring (bicyclic) bond motifs is 1. The molecule has 0 unspecified atom stereocenters. The maximum atomic E-state index is 11.9. The van der Waals surface area contributed by atoms with Crippen LogP contribution in [0.2, 0.25) is 0 Å². The third-order valence-corrected chi connectivity index (χ3v) is 3.05. The van der Waals surface area contributed by atoms with Gasteiger partial charge in [-0.15, -0.1) is 0 Å². The fraction of sp³-hybridized carbons (Fsp3) is 0.222. The van der Waals surface area contributed by atoms with Crippen LogP contribution in [0.25, 0.3) is 0 Å². The molecular formula is C9H6F3NO3S. The van der Waals surface area contributed by atoms with Crippen molar-refractivity contribution in [2.24, 2.45) is 5.16 Å². The van der Waals surface area contributed by atoms with Crippen LogP contribution < -0.4 is 0 Å². The molecule has 0 N–H and O–H groups in total. The third kappa shape index (κ3) is 2.12. The van der Waals surface area contributed by atoms with E-state index in [9.17, 15) is 21.6 Å². The van der Waals surface area contributed by atoms with Crippen LogP contribution >= 0.6 is 0 Å². The van der Waals surface area contributed by atoms with Crippen molar-refractivity contribution in [3.63, 3.8) is 0 Å². The van der Waals surface area contributed by atoms with Crippen LogP contribution in [0.1, 0.15) is 11.1 Å². The number of rotatable bonds is 2. The molecule has 0 bridgehead atoms. The van der Waals surface area contributed by atoms with E-state index in [4.69, 9.17) is 0 Å². The fourth-order valence-corrected chi connectivity index (χ4v) is 1.62. The molecule has 0 amide bonds. The number of hydrogen-bond donors (Lipinski definition) is 0. The molecule has 1 aromatic carbocycles. The molecule has 8 heteroatoms. The molecule has 17 heavy (non-hydrogen) atoms. The quantitative estimate of drug-likeness (QED) is 0.605. The molecule has 0 aliphatic heterocycles. The van der Waals surface area contributed by atoms with E-state index < -0.39 is 15.6 Å². The number of oxime groups is 1. The zero-order valence-electron chi connectivity index (χ0n) is 8.23. The van der Waals surface area contributed by atoms with Crippen molar-refractivity contribution in [3.8, 4) is 0 Å². The summed E-state index contributed by atoms with van der Waals surface area (Å²) in [7, 11) is -5.66. The van der Waals surface area contributed by atoms with E-state index in [1.165, 1.54) is 0 Å². The highest BCUT2D eigenvalue weighted by Crippen LogP contribution is 2.27. The van der Waals surface area contributed by atoms with Crippen molar-refractivity contribution in [3.05, 3.63) is 35.4 Å². The van der Waals surface area contributed by atoms with Gasteiger partial charge in [-0.05, 0) is 5.56 Å². The Hall–Kier alpha value is -1.57. The summed E-state index contributed by atoms with van der Waals surface area (Å²) >= 11 is 0. The highest BCUT2D eigenvalue weighted by atomic mass is 32.2. The molecule has 1 aliphatic carbocycles. The van der Waals surface area contributed by atoms with E-state index >= 15 is 0 Å². The molecule has 0 aromatic heterocycles. The second kappa shape index (κ2) is 3.73. The van der Waals surface area contributed by atoms with Crippen LogP contribution in [0, 0.1) is 0 Å². The average molecular weight is 265 g/mol. The Labute approximate surface area is 94.8 Å². The molecule has 0 spiro atoms. The maximum Gasteiger partial charge on any atom is 0.536 e. The lowest BCUT2D eigenvalue weighted by Gasteiger charge is -2.19. The van der Waals surface area contributed by atoms with Gasteiger partial charge >= 0.3 is 15.6 Å². The lowest BCUT2D eigenvalue weighted by Crippen LogP contribution is -2.26. The molecule has 0 atom stereocenters. The van der Waals surface area contributed by atoms with Crippen molar-refractivity contribution in [1.29, 1.82) is 0 Å². The molecule has 0 radical (unpaired) electrons. The maximum absolute atomic E-state index is 11.9. The van der Waals surface area contributed by atoms with Crippen molar-refractivity contribution in [1.82, 2.24) is 0 Å². The van der Waals surface area contributed by atoms with E-state index in [1.54, 1.807) is 24.3 Å². The summed E-state index contributed by atoms with van der Waals surface area (Å²) < 4.78 is 60.5. The zero-order chi connectivity index (χ0) is 12.7. The molecule has 0 saturated carbocycles. The van der Waals surface area contributed by atoms with Gasteiger partial charge < -0.3 is 0 Å². The Morgan fingerprint density at radius 2 is 1.88 bits per heavy atom. The Morgan fingerprint density at radius 3 is 2.47 bits per heavy atom. The zero-order valence-corrected chi connectivity index (χ0v) is 9.05. The van der Waals surface area contributed by atoms with Gasteiger partial charge in [0.25, 0.3) is 0 Å². The Balaban J connectivity index is 2.17. The van der Waals surface area contributed by atoms with Gasteiger partial charge in [0.1, 0.15) is 0 Å². The summed E-state index contributed by atoms with van der Waals surface area (Å²) in [5, 5.41) is 3.02. The molecule has 0 fully saturated rings. The standard InChI is InChI=1S/C9H6F3NO3S/c10-9(11,12)17(14,15)16-13-8-5-6-3-1-2-4-7(6)8/h1-4H,5H2. The lowest BCUT2D eigenvalue weighted by molar-refractivity contribution is -0.0541. The number of alkyl halides is 3. The number of hydrogen-bond acceptors (Lipinski definition) is 4. The van der Waals surface area contributed by atoms with Gasteiger partial charge in [-0.3, -0.25) is 4.28 Å². The number of halogens is 3. The number of nitrogens with zero attached hydrogens (tertiary/aromatic N) is 1. The van der Waals surface area contributed by atoms with Gasteiger partial charge in [-0.1, -0.05) is 29.4 Å². The van der Waals surface area contributed by atoms with E-state index in [2.05, 4.69) is 9.44 Å². The summed E-state index contributed by atoms with van der Waals surface area (Å²) in [6, 6.07) is 6.84. The lowest BCUT2D eigenvalue weighted by atomic mass is 9.87. The van der Waals surface area contributed by atoms with E-state index in [-0.39, 0.29) is 5.71 Å². The summed E-state index contributed by atoms with van der Waals surface area (Å²) in [5.74, 6) is 0. The topological polar surface area (TPSA) is 55.7 Å². The van der Waals surface area contributed by atoms with Gasteiger partial charge in [-0.25, -0.2) is 0 Å². The fourth-order valence-electron chi connectivity index (χ4n) is 1.34. The molecular weight excluding hydrogens is 259 g/mol. The van der Waals surface area contributed by atoms with Gasteiger partial charge in [0.15, 0.2) is 0 Å². The molecule has 1 aliphatic rings. The first-order valence-corrected chi connectivity index (χ1v) is 5.87. The van der Waals surface area contributed by atoms with Crippen LogP contribution in [0.15, 0.2) is 29.4 Å². The Kier molecular flexibility index (Phi) is 2.61. The summed E-state index contributed by atoms with van der Waals surface area (Å²) in [6.45, 7) is 0. The minimum absolute atomic E-state index is 0.188. The molecule has 1 aromatic rings. The monoisotopic (exact) mass is 265 g/mol. The van der Waals surface area contributed by atoms with Crippen molar-refractivity contribution >= 4 is 15.8 Å². The van der Waals surface area contributed by atoms with Gasteiger partial charge in [0.05, 0.1) is 5.71 Å². The van der Waals surface area contributed by atoms with Crippen molar-refractivity contribution < 1.29 is 25.9 Å². The van der Waals surface area contributed by atoms with Crippen LogP contribution in [0.4, 0.5) is 13.2 Å². The van der Waals surface area contributed by atoms with Crippen molar-refractivity contribution in [2.45, 2.75) is 11.9 Å². The SMILES string of the molecule is O=S(=O)(ON=C1Cc2ccccc21)C(F)(F)F. The predicted octanol–water partition coefficient (Wildman–Crippen LogP) is 1.81. The molecule has 92 valence electrons.